The van der Waals surface area contributed by atoms with E-state index in [1.807, 2.05) is 50.6 Å². The highest BCUT2D eigenvalue weighted by molar-refractivity contribution is 5.92. The average Bonchev–Trinajstić information content (AvgIpc) is 3.43. The fraction of sp³-hybridized carbons (Fsp3) is 0.407. The molecule has 1 atom stereocenters. The van der Waals surface area contributed by atoms with E-state index < -0.39 is 17.7 Å². The number of fused-ring (bicyclic) bond motifs is 1. The molecule has 0 spiro atoms. The minimum atomic E-state index is -1.09. The lowest BCUT2D eigenvalue weighted by atomic mass is 10.0. The highest BCUT2D eigenvalue weighted by atomic mass is 16.6. The number of piperidine rings is 1. The molecule has 13 heteroatoms. The topological polar surface area (TPSA) is 166 Å². The second kappa shape index (κ2) is 10.1. The maximum atomic E-state index is 12.4. The van der Waals surface area contributed by atoms with Crippen LogP contribution in [0.1, 0.15) is 44.1 Å². The standard InChI is InChI=1S/C27H33N9O4/c1-27(2,3)40-26(39)30-15-8-7-11-36(14-15)19-10-6-9-16-22(19)34(4)24(32-16)21-23(28)29-13-18(31-21)17-12-20(25(37)38)35(5)33-17/h6,9-10,12-13,15H,7-8,11,14H2,1-5H3,(H2,28,29)(H,30,39)(H,37,38)/t15-/m1/s1. The third-order valence-electron chi connectivity index (χ3n) is 6.73. The maximum Gasteiger partial charge on any atom is 0.407 e. The van der Waals surface area contributed by atoms with Crippen molar-refractivity contribution in [3.63, 3.8) is 0 Å². The van der Waals surface area contributed by atoms with Crippen molar-refractivity contribution in [3.8, 4) is 22.9 Å². The van der Waals surface area contributed by atoms with Crippen molar-refractivity contribution in [3.05, 3.63) is 36.2 Å². The Balaban J connectivity index is 1.48. The summed E-state index contributed by atoms with van der Waals surface area (Å²) in [6.07, 6.45) is 2.81. The zero-order valence-electron chi connectivity index (χ0n) is 23.2. The predicted octanol–water partition coefficient (Wildman–Crippen LogP) is 3.20. The number of amides is 1. The Hall–Kier alpha value is -4.68. The van der Waals surface area contributed by atoms with E-state index in [1.54, 1.807) is 7.05 Å². The number of rotatable bonds is 5. The molecule has 210 valence electrons. The van der Waals surface area contributed by atoms with Crippen LogP contribution in [0.2, 0.25) is 0 Å². The summed E-state index contributed by atoms with van der Waals surface area (Å²) in [7, 11) is 3.45. The molecular formula is C27H33N9O4. The van der Waals surface area contributed by atoms with Gasteiger partial charge in [0.2, 0.25) is 0 Å². The number of para-hydroxylation sites is 1. The number of nitrogens with zero attached hydrogens (tertiary/aromatic N) is 7. The lowest BCUT2D eigenvalue weighted by Crippen LogP contribution is -2.49. The Labute approximate surface area is 231 Å². The zero-order valence-corrected chi connectivity index (χ0v) is 23.2. The Morgan fingerprint density at radius 3 is 2.65 bits per heavy atom. The van der Waals surface area contributed by atoms with Gasteiger partial charge in [-0.15, -0.1) is 0 Å². The molecule has 0 bridgehead atoms. The number of aryl methyl sites for hydroxylation is 2. The van der Waals surface area contributed by atoms with Crippen LogP contribution in [-0.4, -0.2) is 71.2 Å². The van der Waals surface area contributed by atoms with Crippen LogP contribution in [0, 0.1) is 0 Å². The Bertz CT molecular complexity index is 1600. The van der Waals surface area contributed by atoms with Crippen LogP contribution >= 0.6 is 0 Å². The van der Waals surface area contributed by atoms with Gasteiger partial charge in [0.25, 0.3) is 0 Å². The number of carboxylic acids is 1. The molecule has 4 N–H and O–H groups in total. The highest BCUT2D eigenvalue weighted by Crippen LogP contribution is 2.34. The number of nitrogens with two attached hydrogens (primary N) is 1. The summed E-state index contributed by atoms with van der Waals surface area (Å²) in [5, 5.41) is 16.7. The number of nitrogen functional groups attached to an aromatic ring is 1. The van der Waals surface area contributed by atoms with Crippen molar-refractivity contribution in [1.29, 1.82) is 0 Å². The number of carbonyl (C=O) groups excluding carboxylic acids is 1. The first-order chi connectivity index (χ1) is 18.9. The lowest BCUT2D eigenvalue weighted by Gasteiger charge is -2.35. The van der Waals surface area contributed by atoms with Crippen molar-refractivity contribution < 1.29 is 19.4 Å². The van der Waals surface area contributed by atoms with Crippen molar-refractivity contribution in [2.75, 3.05) is 23.7 Å². The van der Waals surface area contributed by atoms with E-state index in [9.17, 15) is 14.7 Å². The van der Waals surface area contributed by atoms with Crippen molar-refractivity contribution >= 4 is 34.6 Å². The SMILES string of the molecule is Cn1nc(-c2cnc(N)c(-c3nc4cccc(N5CCC[C@@H](NC(=O)OC(C)(C)C)C5)c4n3C)n2)cc1C(=O)O. The van der Waals surface area contributed by atoms with Gasteiger partial charge >= 0.3 is 12.1 Å². The molecule has 3 aromatic heterocycles. The number of alkyl carbamates (subject to hydrolysis) is 1. The number of anilines is 2. The molecule has 4 heterocycles. The first kappa shape index (κ1) is 26.9. The molecule has 4 aromatic rings. The first-order valence-electron chi connectivity index (χ1n) is 13.0. The summed E-state index contributed by atoms with van der Waals surface area (Å²) in [5.41, 5.74) is 9.47. The molecule has 40 heavy (non-hydrogen) atoms. The van der Waals surface area contributed by atoms with Crippen molar-refractivity contribution in [1.82, 2.24) is 34.6 Å². The summed E-state index contributed by atoms with van der Waals surface area (Å²) in [4.78, 5) is 39.9. The molecule has 0 radical (unpaired) electrons. The zero-order chi connectivity index (χ0) is 28.8. The van der Waals surface area contributed by atoms with E-state index in [-0.39, 0.29) is 17.6 Å². The van der Waals surface area contributed by atoms with E-state index in [2.05, 4.69) is 25.3 Å². The number of hydrogen-bond acceptors (Lipinski definition) is 9. The van der Waals surface area contributed by atoms with Crippen molar-refractivity contribution in [2.24, 2.45) is 14.1 Å². The Morgan fingerprint density at radius 1 is 1.18 bits per heavy atom. The fourth-order valence-electron chi connectivity index (χ4n) is 4.98. The minimum absolute atomic E-state index is 0.0311. The van der Waals surface area contributed by atoms with Crippen LogP contribution in [0.15, 0.2) is 30.5 Å². The van der Waals surface area contributed by atoms with Crippen LogP contribution in [0.25, 0.3) is 33.9 Å². The summed E-state index contributed by atoms with van der Waals surface area (Å²) in [6, 6.07) is 7.30. The van der Waals surface area contributed by atoms with E-state index in [1.165, 1.54) is 16.9 Å². The second-order valence-electron chi connectivity index (χ2n) is 10.9. The highest BCUT2D eigenvalue weighted by Gasteiger charge is 2.27. The number of imidazole rings is 1. The van der Waals surface area contributed by atoms with Crippen LogP contribution < -0.4 is 16.0 Å². The number of carboxylic acid groups (broad SMARTS) is 1. The minimum Gasteiger partial charge on any atom is -0.477 e. The van der Waals surface area contributed by atoms with Gasteiger partial charge in [-0.2, -0.15) is 5.10 Å². The Kier molecular flexibility index (Phi) is 6.82. The largest absolute Gasteiger partial charge is 0.477 e. The number of ether oxygens (including phenoxy) is 1. The normalized spacial score (nSPS) is 15.8. The van der Waals surface area contributed by atoms with Crippen LogP contribution in [0.5, 0.6) is 0 Å². The molecule has 0 aliphatic carbocycles. The second-order valence-corrected chi connectivity index (χ2v) is 10.9. The van der Waals surface area contributed by atoms with Gasteiger partial charge in [0.15, 0.2) is 11.6 Å². The summed E-state index contributed by atoms with van der Waals surface area (Å²) < 4.78 is 8.66. The molecular weight excluding hydrogens is 514 g/mol. The molecule has 0 saturated carbocycles. The number of benzene rings is 1. The number of hydrogen-bond donors (Lipinski definition) is 3. The summed E-state index contributed by atoms with van der Waals surface area (Å²) in [6.45, 7) is 6.99. The fourth-order valence-corrected chi connectivity index (χ4v) is 4.98. The molecule has 0 unspecified atom stereocenters. The number of aromatic nitrogens is 6. The van der Waals surface area contributed by atoms with Gasteiger partial charge < -0.3 is 30.4 Å². The van der Waals surface area contributed by atoms with Gasteiger partial charge in [0, 0.05) is 39.3 Å². The van der Waals surface area contributed by atoms with Crippen LogP contribution in [0.3, 0.4) is 0 Å². The Morgan fingerprint density at radius 2 is 1.95 bits per heavy atom. The maximum absolute atomic E-state index is 12.4. The number of aromatic carboxylic acids is 1. The molecule has 1 aromatic carbocycles. The van der Waals surface area contributed by atoms with E-state index >= 15 is 0 Å². The van der Waals surface area contributed by atoms with Gasteiger partial charge in [-0.3, -0.25) is 4.68 Å². The predicted molar refractivity (Wildman–Crippen MR) is 150 cm³/mol. The third kappa shape index (κ3) is 5.26. The third-order valence-corrected chi connectivity index (χ3v) is 6.73. The van der Waals surface area contributed by atoms with Gasteiger partial charge in [-0.05, 0) is 45.7 Å². The molecule has 5 rings (SSSR count). The van der Waals surface area contributed by atoms with Gasteiger partial charge in [-0.1, -0.05) is 6.07 Å². The van der Waals surface area contributed by atoms with E-state index in [0.29, 0.717) is 29.5 Å². The van der Waals surface area contributed by atoms with Gasteiger partial charge in [0.1, 0.15) is 28.4 Å². The number of carbonyl (C=O) groups is 2. The van der Waals surface area contributed by atoms with Crippen LogP contribution in [-0.2, 0) is 18.8 Å². The molecule has 1 saturated heterocycles. The average molecular weight is 548 g/mol. The molecule has 13 nitrogen and oxygen atoms in total. The summed E-state index contributed by atoms with van der Waals surface area (Å²) >= 11 is 0. The first-order valence-corrected chi connectivity index (χ1v) is 13.0. The van der Waals surface area contributed by atoms with E-state index in [4.69, 9.17) is 15.5 Å². The lowest BCUT2D eigenvalue weighted by molar-refractivity contribution is 0.0499. The van der Waals surface area contributed by atoms with Gasteiger partial charge in [-0.25, -0.2) is 24.5 Å². The van der Waals surface area contributed by atoms with Crippen LogP contribution in [0.4, 0.5) is 16.3 Å². The molecule has 1 aliphatic heterocycles. The molecule has 1 amide bonds. The molecule has 1 fully saturated rings. The summed E-state index contributed by atoms with van der Waals surface area (Å²) in [5.74, 6) is -0.379. The monoisotopic (exact) mass is 547 g/mol. The van der Waals surface area contributed by atoms with Gasteiger partial charge in [0.05, 0.1) is 22.9 Å². The number of nitrogens with one attached hydrogen (secondary N) is 1. The quantitative estimate of drug-likeness (QED) is 0.338. The smallest absolute Gasteiger partial charge is 0.407 e. The van der Waals surface area contributed by atoms with E-state index in [0.717, 1.165) is 36.1 Å². The molecule has 1 aliphatic rings. The van der Waals surface area contributed by atoms with Crippen molar-refractivity contribution in [2.45, 2.75) is 45.3 Å².